The zero-order valence-corrected chi connectivity index (χ0v) is 23.1. The monoisotopic (exact) mass is 581 g/mol. The first kappa shape index (κ1) is 29.1. The van der Waals surface area contributed by atoms with Gasteiger partial charge in [-0.25, -0.2) is 0 Å². The van der Waals surface area contributed by atoms with Crippen LogP contribution in [0.4, 0.5) is 5.69 Å². The van der Waals surface area contributed by atoms with E-state index in [1.54, 1.807) is 54.6 Å². The maximum atomic E-state index is 10.9. The summed E-state index contributed by atoms with van der Waals surface area (Å²) in [4.78, 5) is 21.9. The zero-order chi connectivity index (χ0) is 29.4. The third kappa shape index (κ3) is 8.05. The van der Waals surface area contributed by atoms with E-state index in [1.807, 2.05) is 0 Å². The van der Waals surface area contributed by atoms with Gasteiger partial charge in [-0.2, -0.15) is 10.2 Å². The highest BCUT2D eigenvalue weighted by Gasteiger charge is 2.22. The number of phenolic OH excluding ortho intramolecular Hbond substituents is 2. The summed E-state index contributed by atoms with van der Waals surface area (Å²) in [6.07, 6.45) is 1.75. The number of halogens is 1. The number of carbonyl (C=O) groups excluding carboxylic acids is 2. The normalized spacial score (nSPS) is 12.5. The number of carbonyl (C=O) groups is 2. The van der Waals surface area contributed by atoms with Crippen LogP contribution in [0.5, 0.6) is 23.0 Å². The van der Waals surface area contributed by atoms with Gasteiger partial charge in [0.05, 0.1) is 11.4 Å². The molecule has 0 aromatic heterocycles. The van der Waals surface area contributed by atoms with Crippen molar-refractivity contribution in [1.82, 2.24) is 5.43 Å². The summed E-state index contributed by atoms with van der Waals surface area (Å²) in [6, 6.07) is 16.5. The van der Waals surface area contributed by atoms with E-state index in [4.69, 9.17) is 30.5 Å². The molecule has 3 aromatic carbocycles. The Bertz CT molecular complexity index is 1470. The number of hydrazine groups is 1. The maximum absolute atomic E-state index is 10.9. The molecular formula is C29H28ClN3O8. The van der Waals surface area contributed by atoms with Gasteiger partial charge in [0.2, 0.25) is 0 Å². The van der Waals surface area contributed by atoms with Crippen LogP contribution in [0.15, 0.2) is 71.8 Å². The van der Waals surface area contributed by atoms with Crippen molar-refractivity contribution in [3.05, 3.63) is 82.9 Å². The first-order chi connectivity index (χ1) is 19.7. The number of hydrazone groups is 1. The van der Waals surface area contributed by atoms with Crippen LogP contribution >= 0.6 is 11.6 Å². The largest absolute Gasteiger partial charge is 0.507 e. The zero-order valence-electron chi connectivity index (χ0n) is 22.3. The number of hydrogen-bond donors (Lipinski definition) is 3. The minimum Gasteiger partial charge on any atom is -0.507 e. The number of hydrogen-bond acceptors (Lipinski definition) is 11. The Morgan fingerprint density at radius 3 is 1.98 bits per heavy atom. The summed E-state index contributed by atoms with van der Waals surface area (Å²) >= 11 is 6.08. The van der Waals surface area contributed by atoms with Gasteiger partial charge in [-0.15, -0.1) is 0 Å². The average molecular weight is 582 g/mol. The van der Waals surface area contributed by atoms with Crippen molar-refractivity contribution in [2.24, 2.45) is 5.10 Å². The Morgan fingerprint density at radius 2 is 1.41 bits per heavy atom. The molecule has 0 amide bonds. The summed E-state index contributed by atoms with van der Waals surface area (Å²) in [7, 11) is 0. The van der Waals surface area contributed by atoms with Crippen LogP contribution in [0.2, 0.25) is 5.02 Å². The lowest BCUT2D eigenvalue weighted by Gasteiger charge is -2.28. The molecule has 1 aliphatic rings. The van der Waals surface area contributed by atoms with Crippen molar-refractivity contribution < 1.29 is 38.7 Å². The Morgan fingerprint density at radius 1 is 0.829 bits per heavy atom. The highest BCUT2D eigenvalue weighted by Crippen LogP contribution is 2.35. The van der Waals surface area contributed by atoms with Crippen LogP contribution in [-0.2, 0) is 19.1 Å². The van der Waals surface area contributed by atoms with Crippen LogP contribution < -0.4 is 20.0 Å². The number of nitrogens with one attached hydrogen (secondary N) is 1. The highest BCUT2D eigenvalue weighted by atomic mass is 35.5. The minimum atomic E-state index is -0.409. The fourth-order valence-electron chi connectivity index (χ4n) is 3.75. The number of aromatic hydroxyl groups is 2. The molecule has 1 heterocycles. The van der Waals surface area contributed by atoms with Crippen LogP contribution in [-0.4, -0.2) is 54.3 Å². The molecule has 3 N–H and O–H groups in total. The molecule has 4 rings (SSSR count). The van der Waals surface area contributed by atoms with Gasteiger partial charge in [0, 0.05) is 42.1 Å². The molecule has 1 aliphatic heterocycles. The molecule has 11 nitrogen and oxygen atoms in total. The Hall–Kier alpha value is -4.90. The molecule has 0 aliphatic carbocycles. The van der Waals surface area contributed by atoms with Crippen LogP contribution in [0, 0.1) is 0 Å². The minimum absolute atomic E-state index is 0.0770. The van der Waals surface area contributed by atoms with Gasteiger partial charge in [0.25, 0.3) is 0 Å². The second-order valence-corrected chi connectivity index (χ2v) is 9.12. The number of rotatable bonds is 11. The third-order valence-electron chi connectivity index (χ3n) is 5.60. The molecule has 0 atom stereocenters. The van der Waals surface area contributed by atoms with Crippen LogP contribution in [0.1, 0.15) is 25.0 Å². The fraction of sp³-hybridized carbons (Fsp3) is 0.207. The SMILES string of the molecule is CC(=O)OCCOc1ccc(C2=CC(c3ccc(Cl)cc3)=NN(c3ccc(OCCOC(C)=O)cc3O)N2)c(O)c1. The average Bonchev–Trinajstić information content (AvgIpc) is 2.93. The smallest absolute Gasteiger partial charge is 0.302 e. The van der Waals surface area contributed by atoms with Crippen molar-refractivity contribution in [3.63, 3.8) is 0 Å². The first-order valence-corrected chi connectivity index (χ1v) is 12.9. The molecule has 0 fully saturated rings. The van der Waals surface area contributed by atoms with Gasteiger partial charge in [0.1, 0.15) is 55.1 Å². The maximum Gasteiger partial charge on any atom is 0.302 e. The van der Waals surface area contributed by atoms with Crippen molar-refractivity contribution in [3.8, 4) is 23.0 Å². The summed E-state index contributed by atoms with van der Waals surface area (Å²) in [6.45, 7) is 3.03. The number of nitrogens with zero attached hydrogens (tertiary/aromatic N) is 2. The van der Waals surface area contributed by atoms with Crippen molar-refractivity contribution in [1.29, 1.82) is 0 Å². The summed E-state index contributed by atoms with van der Waals surface area (Å²) in [5, 5.41) is 28.2. The lowest BCUT2D eigenvalue weighted by Crippen LogP contribution is -2.36. The van der Waals surface area contributed by atoms with Gasteiger partial charge in [-0.3, -0.25) is 15.0 Å². The first-order valence-electron chi connectivity index (χ1n) is 12.5. The van der Waals surface area contributed by atoms with E-state index in [0.717, 1.165) is 5.56 Å². The van der Waals surface area contributed by atoms with Crippen molar-refractivity contribution >= 4 is 40.6 Å². The topological polar surface area (TPSA) is 139 Å². The van der Waals surface area contributed by atoms with Gasteiger partial charge >= 0.3 is 11.9 Å². The Balaban J connectivity index is 1.59. The summed E-state index contributed by atoms with van der Waals surface area (Å²) in [5.41, 5.74) is 5.61. The van der Waals surface area contributed by atoms with Crippen molar-refractivity contribution in [2.75, 3.05) is 31.5 Å². The Kier molecular flexibility index (Phi) is 9.54. The second kappa shape index (κ2) is 13.4. The predicted octanol–water partition coefficient (Wildman–Crippen LogP) is 4.41. The molecule has 0 saturated heterocycles. The lowest BCUT2D eigenvalue weighted by atomic mass is 10.0. The third-order valence-corrected chi connectivity index (χ3v) is 5.86. The van der Waals surface area contributed by atoms with E-state index < -0.39 is 11.9 Å². The number of esters is 2. The molecule has 0 saturated carbocycles. The number of ether oxygens (including phenoxy) is 4. The molecule has 214 valence electrons. The fourth-order valence-corrected chi connectivity index (χ4v) is 3.88. The molecule has 41 heavy (non-hydrogen) atoms. The van der Waals surface area contributed by atoms with Crippen molar-refractivity contribution in [2.45, 2.75) is 13.8 Å². The van der Waals surface area contributed by atoms with Crippen LogP contribution in [0.3, 0.4) is 0 Å². The number of phenols is 2. The van der Waals surface area contributed by atoms with Gasteiger partial charge < -0.3 is 29.2 Å². The number of benzene rings is 3. The molecule has 12 heteroatoms. The quantitative estimate of drug-likeness (QED) is 0.220. The second-order valence-electron chi connectivity index (χ2n) is 8.68. The molecule has 0 radical (unpaired) electrons. The summed E-state index contributed by atoms with van der Waals surface area (Å²) < 4.78 is 20.8. The predicted molar refractivity (Wildman–Crippen MR) is 152 cm³/mol. The van der Waals surface area contributed by atoms with E-state index in [0.29, 0.717) is 39.2 Å². The van der Waals surface area contributed by atoms with E-state index >= 15 is 0 Å². The summed E-state index contributed by atoms with van der Waals surface area (Å²) in [5.74, 6) is -0.267. The van der Waals surface area contributed by atoms with E-state index in [2.05, 4.69) is 10.5 Å². The van der Waals surface area contributed by atoms with E-state index in [1.165, 1.54) is 31.1 Å². The molecule has 0 bridgehead atoms. The van der Waals surface area contributed by atoms with E-state index in [-0.39, 0.29) is 37.9 Å². The number of allylic oxidation sites excluding steroid dienone is 1. The van der Waals surface area contributed by atoms with E-state index in [9.17, 15) is 19.8 Å². The Labute approximate surface area is 241 Å². The molecule has 0 spiro atoms. The highest BCUT2D eigenvalue weighted by molar-refractivity contribution is 6.30. The number of anilines is 1. The van der Waals surface area contributed by atoms with Gasteiger partial charge in [-0.1, -0.05) is 23.7 Å². The molecule has 0 unspecified atom stereocenters. The standard InChI is InChI=1S/C29H28ClN3O8/c1-18(34)38-11-13-40-22-7-9-24(28(36)15-22)26-17-25(20-3-5-21(30)6-4-20)31-33(32-26)27-10-8-23(16-29(27)37)41-14-12-39-19(2)35/h3-10,15-17,32,36-37H,11-14H2,1-2H3. The molecule has 3 aromatic rings. The van der Waals surface area contributed by atoms with Crippen LogP contribution in [0.25, 0.3) is 5.70 Å². The lowest BCUT2D eigenvalue weighted by molar-refractivity contribution is -0.142. The molecular weight excluding hydrogens is 554 g/mol. The van der Waals surface area contributed by atoms with Gasteiger partial charge in [-0.05, 0) is 42.5 Å². The van der Waals surface area contributed by atoms with Gasteiger partial charge in [0.15, 0.2) is 0 Å².